The summed E-state index contributed by atoms with van der Waals surface area (Å²) in [5.41, 5.74) is 3.84. The molecule has 0 saturated heterocycles. The average molecular weight is 403 g/mol. The maximum Gasteiger partial charge on any atom is 0.270 e. The van der Waals surface area contributed by atoms with Crippen LogP contribution in [-0.2, 0) is 5.41 Å². The first-order chi connectivity index (χ1) is 13.1. The molecular weight excluding hydrogens is 380 g/mol. The Bertz CT molecular complexity index is 936. The molecule has 0 atom stereocenters. The van der Waals surface area contributed by atoms with Crippen molar-refractivity contribution in [2.24, 2.45) is 4.99 Å². The molecule has 0 N–H and O–H groups in total. The number of nitro benzene ring substituents is 1. The van der Waals surface area contributed by atoms with Gasteiger partial charge in [0.25, 0.3) is 5.69 Å². The topological polar surface area (TPSA) is 74.0 Å². The van der Waals surface area contributed by atoms with Gasteiger partial charge in [0.1, 0.15) is 0 Å². The average Bonchev–Trinajstić information content (AvgIpc) is 3.16. The number of benzene rings is 2. The van der Waals surface area contributed by atoms with Crippen molar-refractivity contribution in [3.63, 3.8) is 0 Å². The predicted octanol–water partition coefficient (Wildman–Crippen LogP) is 4.70. The van der Waals surface area contributed by atoms with Gasteiger partial charge >= 0.3 is 0 Å². The fourth-order valence-electron chi connectivity index (χ4n) is 4.41. The number of nitro groups is 1. The number of non-ortho nitro benzene ring substituents is 1. The van der Waals surface area contributed by atoms with Gasteiger partial charge in [-0.2, -0.15) is 0 Å². The first-order valence-corrected chi connectivity index (χ1v) is 9.14. The Morgan fingerprint density at radius 2 is 1.75 bits per heavy atom. The van der Waals surface area contributed by atoms with E-state index in [4.69, 9.17) is 14.5 Å². The molecule has 6 nitrogen and oxygen atoms in total. The molecule has 0 unspecified atom stereocenters. The van der Waals surface area contributed by atoms with E-state index in [0.717, 1.165) is 29.7 Å². The molecule has 1 aliphatic carbocycles. The van der Waals surface area contributed by atoms with Crippen LogP contribution in [0.3, 0.4) is 0 Å². The molecule has 0 bridgehead atoms. The maximum atomic E-state index is 11.2. The number of ether oxygens (including phenoxy) is 2. The summed E-state index contributed by atoms with van der Waals surface area (Å²) in [6, 6.07) is 10.7. The minimum atomic E-state index is -0.374. The van der Waals surface area contributed by atoms with Crippen LogP contribution < -0.4 is 9.47 Å². The van der Waals surface area contributed by atoms with Crippen molar-refractivity contribution in [1.29, 1.82) is 0 Å². The van der Waals surface area contributed by atoms with Crippen molar-refractivity contribution in [2.75, 3.05) is 20.8 Å². The van der Waals surface area contributed by atoms with E-state index >= 15 is 0 Å². The fraction of sp³-hybridized carbons (Fsp3) is 0.381. The van der Waals surface area contributed by atoms with Crippen LogP contribution in [0.4, 0.5) is 5.69 Å². The summed E-state index contributed by atoms with van der Waals surface area (Å²) in [4.78, 5) is 15.7. The smallest absolute Gasteiger partial charge is 0.270 e. The van der Waals surface area contributed by atoms with Crippen LogP contribution >= 0.6 is 12.4 Å². The molecule has 4 rings (SSSR count). The summed E-state index contributed by atoms with van der Waals surface area (Å²) in [6.45, 7) is 0.702. The van der Waals surface area contributed by atoms with Crippen LogP contribution in [0, 0.1) is 10.1 Å². The van der Waals surface area contributed by atoms with E-state index in [1.54, 1.807) is 26.4 Å². The van der Waals surface area contributed by atoms with Gasteiger partial charge in [-0.05, 0) is 30.5 Å². The molecule has 1 saturated carbocycles. The summed E-state index contributed by atoms with van der Waals surface area (Å²) in [6.07, 6.45) is 4.58. The SMILES string of the molecule is COc1cc2c(cc1OC)C1(CCCC1)CN=C2c1cccc([N+](=O)[O-])c1.Cl. The summed E-state index contributed by atoms with van der Waals surface area (Å²) < 4.78 is 11.1. The molecule has 1 heterocycles. The van der Waals surface area contributed by atoms with Crippen LogP contribution in [-0.4, -0.2) is 31.4 Å². The van der Waals surface area contributed by atoms with Gasteiger partial charge in [0.2, 0.25) is 0 Å². The number of nitrogens with zero attached hydrogens (tertiary/aromatic N) is 2. The van der Waals surface area contributed by atoms with Gasteiger partial charge in [0.15, 0.2) is 11.5 Å². The molecule has 28 heavy (non-hydrogen) atoms. The molecular formula is C21H23ClN2O4. The Hall–Kier alpha value is -2.60. The second-order valence-corrected chi connectivity index (χ2v) is 7.21. The van der Waals surface area contributed by atoms with Gasteiger partial charge in [-0.15, -0.1) is 12.4 Å². The first kappa shape index (κ1) is 20.1. The Labute approximate surface area is 170 Å². The molecule has 2 aliphatic rings. The molecule has 1 fully saturated rings. The molecule has 2 aromatic carbocycles. The van der Waals surface area contributed by atoms with E-state index in [1.165, 1.54) is 24.5 Å². The van der Waals surface area contributed by atoms with Gasteiger partial charge in [-0.3, -0.25) is 15.1 Å². The summed E-state index contributed by atoms with van der Waals surface area (Å²) in [7, 11) is 3.26. The number of halogens is 1. The lowest BCUT2D eigenvalue weighted by Gasteiger charge is -2.35. The monoisotopic (exact) mass is 402 g/mol. The van der Waals surface area contributed by atoms with E-state index in [1.807, 2.05) is 12.1 Å². The highest BCUT2D eigenvalue weighted by atomic mass is 35.5. The minimum absolute atomic E-state index is 0. The standard InChI is InChI=1S/C21H22N2O4.ClH/c1-26-18-11-16-17(12-19(18)27-2)21(8-3-4-9-21)13-22-20(16)14-6-5-7-15(10-14)23(24)25;/h5-7,10-12H,3-4,8-9,13H2,1-2H3;1H. The zero-order valence-electron chi connectivity index (χ0n) is 15.9. The highest BCUT2D eigenvalue weighted by molar-refractivity contribution is 6.15. The minimum Gasteiger partial charge on any atom is -0.493 e. The molecule has 0 amide bonds. The van der Waals surface area contributed by atoms with Crippen LogP contribution in [0.15, 0.2) is 41.4 Å². The predicted molar refractivity (Wildman–Crippen MR) is 111 cm³/mol. The zero-order valence-corrected chi connectivity index (χ0v) is 16.8. The lowest BCUT2D eigenvalue weighted by atomic mass is 9.73. The molecule has 7 heteroatoms. The highest BCUT2D eigenvalue weighted by Crippen LogP contribution is 2.48. The third-order valence-electron chi connectivity index (χ3n) is 5.78. The number of hydrogen-bond acceptors (Lipinski definition) is 5. The lowest BCUT2D eigenvalue weighted by molar-refractivity contribution is -0.384. The van der Waals surface area contributed by atoms with Crippen molar-refractivity contribution in [2.45, 2.75) is 31.1 Å². The largest absolute Gasteiger partial charge is 0.493 e. The maximum absolute atomic E-state index is 11.2. The third kappa shape index (κ3) is 3.22. The third-order valence-corrected chi connectivity index (χ3v) is 5.78. The number of rotatable bonds is 4. The first-order valence-electron chi connectivity index (χ1n) is 9.14. The lowest BCUT2D eigenvalue weighted by Crippen LogP contribution is -2.33. The van der Waals surface area contributed by atoms with Crippen LogP contribution in [0.2, 0.25) is 0 Å². The van der Waals surface area contributed by atoms with Crippen molar-refractivity contribution >= 4 is 23.8 Å². The second kappa shape index (κ2) is 7.80. The number of aliphatic imine (C=N–C) groups is 1. The summed E-state index contributed by atoms with van der Waals surface area (Å²) in [5, 5.41) is 11.2. The van der Waals surface area contributed by atoms with E-state index in [2.05, 4.69) is 6.07 Å². The zero-order chi connectivity index (χ0) is 19.0. The van der Waals surface area contributed by atoms with Crippen molar-refractivity contribution < 1.29 is 14.4 Å². The highest BCUT2D eigenvalue weighted by Gasteiger charge is 2.41. The number of methoxy groups -OCH3 is 2. The van der Waals surface area contributed by atoms with Gasteiger partial charge in [0, 0.05) is 35.2 Å². The van der Waals surface area contributed by atoms with E-state index in [-0.39, 0.29) is 28.4 Å². The Morgan fingerprint density at radius 3 is 2.39 bits per heavy atom. The van der Waals surface area contributed by atoms with Crippen LogP contribution in [0.1, 0.15) is 42.4 Å². The van der Waals surface area contributed by atoms with E-state index in [9.17, 15) is 10.1 Å². The summed E-state index contributed by atoms with van der Waals surface area (Å²) in [5.74, 6) is 1.35. The normalized spacial score (nSPS) is 16.7. The summed E-state index contributed by atoms with van der Waals surface area (Å²) >= 11 is 0. The van der Waals surface area contributed by atoms with Gasteiger partial charge in [0.05, 0.1) is 24.9 Å². The quantitative estimate of drug-likeness (QED) is 0.549. The Balaban J connectivity index is 0.00000225. The van der Waals surface area contributed by atoms with Gasteiger partial charge in [-0.25, -0.2) is 0 Å². The molecule has 2 aromatic rings. The van der Waals surface area contributed by atoms with Crippen molar-refractivity contribution in [3.05, 3.63) is 63.2 Å². The van der Waals surface area contributed by atoms with Crippen molar-refractivity contribution in [3.8, 4) is 11.5 Å². The number of fused-ring (bicyclic) bond motifs is 2. The Kier molecular flexibility index (Phi) is 5.61. The van der Waals surface area contributed by atoms with Crippen molar-refractivity contribution in [1.82, 2.24) is 0 Å². The van der Waals surface area contributed by atoms with Crippen LogP contribution in [0.25, 0.3) is 0 Å². The Morgan fingerprint density at radius 1 is 1.07 bits per heavy atom. The molecule has 0 radical (unpaired) electrons. The van der Waals surface area contributed by atoms with Crippen LogP contribution in [0.5, 0.6) is 11.5 Å². The van der Waals surface area contributed by atoms with Gasteiger partial charge in [-0.1, -0.05) is 25.0 Å². The fourth-order valence-corrected chi connectivity index (χ4v) is 4.41. The van der Waals surface area contributed by atoms with E-state index < -0.39 is 0 Å². The molecule has 0 aromatic heterocycles. The molecule has 1 aliphatic heterocycles. The molecule has 148 valence electrons. The second-order valence-electron chi connectivity index (χ2n) is 7.21. The molecule has 1 spiro atoms. The number of hydrogen-bond donors (Lipinski definition) is 0. The van der Waals surface area contributed by atoms with Gasteiger partial charge < -0.3 is 9.47 Å². The van der Waals surface area contributed by atoms with E-state index in [0.29, 0.717) is 18.0 Å².